The molecular weight excluding hydrogens is 352 g/mol. The topological polar surface area (TPSA) is 71.3 Å². The van der Waals surface area contributed by atoms with Gasteiger partial charge in [0.15, 0.2) is 0 Å². The van der Waals surface area contributed by atoms with E-state index in [1.807, 2.05) is 55.5 Å². The Labute approximate surface area is 164 Å². The number of hydrogen-bond donors (Lipinski definition) is 1. The zero-order valence-corrected chi connectivity index (χ0v) is 16.2. The molecule has 1 aliphatic heterocycles. The number of rotatable bonds is 4. The predicted octanol–water partition coefficient (Wildman–Crippen LogP) is 4.98. The van der Waals surface area contributed by atoms with Crippen LogP contribution in [-0.4, -0.2) is 27.6 Å². The minimum Gasteiger partial charge on any atom is -0.337 e. The van der Waals surface area contributed by atoms with Crippen molar-refractivity contribution in [2.45, 2.75) is 39.2 Å². The van der Waals surface area contributed by atoms with E-state index >= 15 is 0 Å². The molecule has 1 N–H and O–H groups in total. The van der Waals surface area contributed by atoms with Crippen LogP contribution < -0.4 is 5.32 Å². The number of nitrogens with zero attached hydrogens (tertiary/aromatic N) is 3. The SMILES string of the molecule is CCc1ccccc1NC(=O)N1CCCC1c1nc(-c2ccc(C)cc2)no1. The van der Waals surface area contributed by atoms with Gasteiger partial charge in [0, 0.05) is 17.8 Å². The number of hydrogen-bond acceptors (Lipinski definition) is 4. The summed E-state index contributed by atoms with van der Waals surface area (Å²) in [6.07, 6.45) is 2.59. The van der Waals surface area contributed by atoms with Gasteiger partial charge >= 0.3 is 6.03 Å². The van der Waals surface area contributed by atoms with Gasteiger partial charge in [-0.05, 0) is 37.8 Å². The van der Waals surface area contributed by atoms with Gasteiger partial charge in [0.05, 0.1) is 0 Å². The van der Waals surface area contributed by atoms with Gasteiger partial charge in [-0.1, -0.05) is 60.1 Å². The number of likely N-dealkylation sites (tertiary alicyclic amines) is 1. The second-order valence-electron chi connectivity index (χ2n) is 7.11. The molecule has 1 saturated heterocycles. The van der Waals surface area contributed by atoms with Gasteiger partial charge < -0.3 is 14.7 Å². The summed E-state index contributed by atoms with van der Waals surface area (Å²) in [7, 11) is 0. The lowest BCUT2D eigenvalue weighted by molar-refractivity contribution is 0.193. The lowest BCUT2D eigenvalue weighted by atomic mass is 10.1. The van der Waals surface area contributed by atoms with E-state index in [2.05, 4.69) is 22.4 Å². The Morgan fingerprint density at radius 3 is 2.79 bits per heavy atom. The molecule has 1 unspecified atom stereocenters. The molecule has 2 aromatic carbocycles. The van der Waals surface area contributed by atoms with Crippen LogP contribution in [0.3, 0.4) is 0 Å². The Morgan fingerprint density at radius 2 is 2.00 bits per heavy atom. The summed E-state index contributed by atoms with van der Waals surface area (Å²) >= 11 is 0. The summed E-state index contributed by atoms with van der Waals surface area (Å²) in [4.78, 5) is 19.3. The third-order valence-electron chi connectivity index (χ3n) is 5.19. The standard InChI is InChI=1S/C22H24N4O2/c1-3-16-7-4-5-8-18(16)23-22(27)26-14-6-9-19(26)21-24-20(25-28-21)17-12-10-15(2)11-13-17/h4-5,7-8,10-13,19H,3,6,9,14H2,1-2H3,(H,23,27). The van der Waals surface area contributed by atoms with E-state index in [9.17, 15) is 4.79 Å². The van der Waals surface area contributed by atoms with Crippen LogP contribution in [0.4, 0.5) is 10.5 Å². The molecule has 28 heavy (non-hydrogen) atoms. The highest BCUT2D eigenvalue weighted by Gasteiger charge is 2.34. The predicted molar refractivity (Wildman–Crippen MR) is 108 cm³/mol. The fraction of sp³-hybridized carbons (Fsp3) is 0.318. The molecule has 1 fully saturated rings. The molecule has 0 saturated carbocycles. The number of carbonyl (C=O) groups is 1. The Bertz CT molecular complexity index is 965. The number of aromatic nitrogens is 2. The molecule has 0 bridgehead atoms. The van der Waals surface area contributed by atoms with Gasteiger partial charge in [0.25, 0.3) is 0 Å². The minimum absolute atomic E-state index is 0.126. The smallest absolute Gasteiger partial charge is 0.322 e. The van der Waals surface area contributed by atoms with Gasteiger partial charge in [-0.15, -0.1) is 0 Å². The number of amides is 2. The highest BCUT2D eigenvalue weighted by Crippen LogP contribution is 2.32. The Balaban J connectivity index is 1.52. The third-order valence-corrected chi connectivity index (χ3v) is 5.19. The van der Waals surface area contributed by atoms with Crippen LogP contribution in [0.1, 0.15) is 42.8 Å². The van der Waals surface area contributed by atoms with Gasteiger partial charge in [-0.25, -0.2) is 4.79 Å². The molecule has 0 aliphatic carbocycles. The average molecular weight is 376 g/mol. The van der Waals surface area contributed by atoms with Crippen molar-refractivity contribution in [3.05, 3.63) is 65.5 Å². The lowest BCUT2D eigenvalue weighted by Crippen LogP contribution is -2.34. The van der Waals surface area contributed by atoms with Crippen molar-refractivity contribution in [3.63, 3.8) is 0 Å². The van der Waals surface area contributed by atoms with Crippen molar-refractivity contribution in [2.24, 2.45) is 0 Å². The summed E-state index contributed by atoms with van der Waals surface area (Å²) in [6.45, 7) is 4.79. The number of para-hydroxylation sites is 1. The number of carbonyl (C=O) groups excluding carboxylic acids is 1. The molecule has 3 aromatic rings. The van der Waals surface area contributed by atoms with E-state index in [1.54, 1.807) is 4.90 Å². The van der Waals surface area contributed by atoms with Crippen molar-refractivity contribution >= 4 is 11.7 Å². The fourth-order valence-corrected chi connectivity index (χ4v) is 3.59. The Morgan fingerprint density at radius 1 is 1.21 bits per heavy atom. The maximum Gasteiger partial charge on any atom is 0.322 e. The fourth-order valence-electron chi connectivity index (χ4n) is 3.59. The summed E-state index contributed by atoms with van der Waals surface area (Å²) in [5.41, 5.74) is 4.06. The van der Waals surface area contributed by atoms with Crippen molar-refractivity contribution in [1.82, 2.24) is 15.0 Å². The van der Waals surface area contributed by atoms with Gasteiger partial charge in [-0.3, -0.25) is 0 Å². The maximum absolute atomic E-state index is 12.9. The normalized spacial score (nSPS) is 16.4. The molecule has 2 heterocycles. The molecule has 1 aliphatic rings. The number of aryl methyl sites for hydroxylation is 2. The molecule has 6 heteroatoms. The van der Waals surface area contributed by atoms with E-state index in [0.717, 1.165) is 36.1 Å². The maximum atomic E-state index is 12.9. The quantitative estimate of drug-likeness (QED) is 0.697. The zero-order valence-electron chi connectivity index (χ0n) is 16.2. The summed E-state index contributed by atoms with van der Waals surface area (Å²) < 4.78 is 5.53. The van der Waals surface area contributed by atoms with Gasteiger partial charge in [0.2, 0.25) is 11.7 Å². The second-order valence-corrected chi connectivity index (χ2v) is 7.11. The molecule has 2 amide bonds. The summed E-state index contributed by atoms with van der Waals surface area (Å²) in [5.74, 6) is 1.05. The van der Waals surface area contributed by atoms with E-state index in [-0.39, 0.29) is 12.1 Å². The molecule has 144 valence electrons. The number of urea groups is 1. The largest absolute Gasteiger partial charge is 0.337 e. The third kappa shape index (κ3) is 3.63. The molecule has 6 nitrogen and oxygen atoms in total. The first-order valence-corrected chi connectivity index (χ1v) is 9.72. The molecule has 1 aromatic heterocycles. The molecule has 1 atom stereocenters. The highest BCUT2D eigenvalue weighted by molar-refractivity contribution is 5.90. The lowest BCUT2D eigenvalue weighted by Gasteiger charge is -2.23. The minimum atomic E-state index is -0.194. The van der Waals surface area contributed by atoms with E-state index in [4.69, 9.17) is 4.52 Å². The number of nitrogens with one attached hydrogen (secondary N) is 1. The number of benzene rings is 2. The molecule has 4 rings (SSSR count). The molecule has 0 spiro atoms. The van der Waals surface area contributed by atoms with Crippen LogP contribution in [-0.2, 0) is 6.42 Å². The van der Waals surface area contributed by atoms with Crippen molar-refractivity contribution in [3.8, 4) is 11.4 Å². The zero-order chi connectivity index (χ0) is 19.5. The monoisotopic (exact) mass is 376 g/mol. The van der Waals surface area contributed by atoms with Crippen LogP contribution in [0.25, 0.3) is 11.4 Å². The van der Waals surface area contributed by atoms with Gasteiger partial charge in [0.1, 0.15) is 6.04 Å². The van der Waals surface area contributed by atoms with Crippen LogP contribution in [0, 0.1) is 6.92 Å². The highest BCUT2D eigenvalue weighted by atomic mass is 16.5. The van der Waals surface area contributed by atoms with Gasteiger partial charge in [-0.2, -0.15) is 4.98 Å². The van der Waals surface area contributed by atoms with Crippen molar-refractivity contribution < 1.29 is 9.32 Å². The number of anilines is 1. The second kappa shape index (κ2) is 7.84. The van der Waals surface area contributed by atoms with Crippen LogP contribution >= 0.6 is 0 Å². The Kier molecular flexibility index (Phi) is 5.10. The molecule has 0 radical (unpaired) electrons. The van der Waals surface area contributed by atoms with E-state index < -0.39 is 0 Å². The van der Waals surface area contributed by atoms with Crippen LogP contribution in [0.2, 0.25) is 0 Å². The molecular formula is C22H24N4O2. The van der Waals surface area contributed by atoms with Crippen LogP contribution in [0.5, 0.6) is 0 Å². The first-order chi connectivity index (χ1) is 13.7. The average Bonchev–Trinajstić information content (AvgIpc) is 3.38. The summed E-state index contributed by atoms with van der Waals surface area (Å²) in [5, 5.41) is 7.17. The van der Waals surface area contributed by atoms with Crippen LogP contribution in [0.15, 0.2) is 53.1 Å². The Hall–Kier alpha value is -3.15. The van der Waals surface area contributed by atoms with E-state index in [0.29, 0.717) is 18.3 Å². The first kappa shape index (κ1) is 18.2. The van der Waals surface area contributed by atoms with Crippen molar-refractivity contribution in [1.29, 1.82) is 0 Å². The van der Waals surface area contributed by atoms with E-state index in [1.165, 1.54) is 5.56 Å². The van der Waals surface area contributed by atoms with Crippen molar-refractivity contribution in [2.75, 3.05) is 11.9 Å². The first-order valence-electron chi connectivity index (χ1n) is 9.72. The summed E-state index contributed by atoms with van der Waals surface area (Å²) in [6, 6.07) is 15.6.